The molecule has 2 aromatic carbocycles. The maximum Gasteiger partial charge on any atom is 0.416 e. The van der Waals surface area contributed by atoms with Crippen LogP contribution >= 0.6 is 11.6 Å². The Kier molecular flexibility index (Phi) is 5.63. The van der Waals surface area contributed by atoms with Gasteiger partial charge in [-0.2, -0.15) is 13.2 Å². The first-order valence-corrected chi connectivity index (χ1v) is 9.88. The van der Waals surface area contributed by atoms with Crippen LogP contribution in [-0.2, 0) is 16.2 Å². The van der Waals surface area contributed by atoms with Crippen molar-refractivity contribution in [3.63, 3.8) is 0 Å². The highest BCUT2D eigenvalue weighted by molar-refractivity contribution is 7.92. The summed E-state index contributed by atoms with van der Waals surface area (Å²) in [5, 5.41) is 0.208. The molecule has 1 aromatic heterocycles. The summed E-state index contributed by atoms with van der Waals surface area (Å²) in [5.41, 5.74) is -0.788. The SMILES string of the molecule is O=C(c1ccncc1)c1cc(Cl)ccc1NS(=O)(=O)c1ccc(C(F)(F)F)cc1. The lowest BCUT2D eigenvalue weighted by Crippen LogP contribution is -2.16. The molecular formula is C19H12ClF3N2O3S. The first kappa shape index (κ1) is 20.8. The molecular weight excluding hydrogens is 429 g/mol. The number of nitrogens with one attached hydrogen (secondary N) is 1. The predicted molar refractivity (Wildman–Crippen MR) is 101 cm³/mol. The Hall–Kier alpha value is -2.91. The smallest absolute Gasteiger partial charge is 0.289 e. The zero-order valence-corrected chi connectivity index (χ0v) is 16.0. The number of hydrogen-bond donors (Lipinski definition) is 1. The molecule has 0 aliphatic rings. The van der Waals surface area contributed by atoms with Crippen LogP contribution in [0.25, 0.3) is 0 Å². The van der Waals surface area contributed by atoms with Crippen molar-refractivity contribution >= 4 is 33.1 Å². The molecule has 0 unspecified atom stereocenters. The molecule has 0 radical (unpaired) electrons. The molecule has 0 aliphatic heterocycles. The summed E-state index contributed by atoms with van der Waals surface area (Å²) in [6.45, 7) is 0. The van der Waals surface area contributed by atoms with Gasteiger partial charge in [0.05, 0.1) is 16.1 Å². The lowest BCUT2D eigenvalue weighted by Gasteiger charge is -2.13. The van der Waals surface area contributed by atoms with Crippen LogP contribution in [0.5, 0.6) is 0 Å². The summed E-state index contributed by atoms with van der Waals surface area (Å²) >= 11 is 5.95. The van der Waals surface area contributed by atoms with Crippen molar-refractivity contribution in [2.45, 2.75) is 11.1 Å². The van der Waals surface area contributed by atoms with Gasteiger partial charge < -0.3 is 0 Å². The second-order valence-electron chi connectivity index (χ2n) is 5.88. The second-order valence-corrected chi connectivity index (χ2v) is 8.00. The lowest BCUT2D eigenvalue weighted by molar-refractivity contribution is -0.137. The van der Waals surface area contributed by atoms with Gasteiger partial charge in [-0.3, -0.25) is 14.5 Å². The van der Waals surface area contributed by atoms with Crippen molar-refractivity contribution in [3.05, 3.63) is 88.7 Å². The van der Waals surface area contributed by atoms with Gasteiger partial charge in [0, 0.05) is 28.5 Å². The van der Waals surface area contributed by atoms with Gasteiger partial charge in [-0.05, 0) is 54.6 Å². The summed E-state index contributed by atoms with van der Waals surface area (Å²) in [7, 11) is -4.25. The third-order valence-electron chi connectivity index (χ3n) is 3.91. The molecule has 0 atom stereocenters. The van der Waals surface area contributed by atoms with Crippen LogP contribution in [0.4, 0.5) is 18.9 Å². The molecule has 5 nitrogen and oxygen atoms in total. The molecule has 0 aliphatic carbocycles. The molecule has 10 heteroatoms. The number of aromatic nitrogens is 1. The summed E-state index contributed by atoms with van der Waals surface area (Å²) in [6, 6.07) is 9.91. The van der Waals surface area contributed by atoms with E-state index in [2.05, 4.69) is 9.71 Å². The Balaban J connectivity index is 1.96. The molecule has 0 spiro atoms. The maximum atomic E-state index is 12.8. The van der Waals surface area contributed by atoms with E-state index >= 15 is 0 Å². The molecule has 0 fully saturated rings. The first-order chi connectivity index (χ1) is 13.6. The number of halogens is 4. The Morgan fingerprint density at radius 2 is 1.59 bits per heavy atom. The van der Waals surface area contributed by atoms with E-state index in [4.69, 9.17) is 11.6 Å². The largest absolute Gasteiger partial charge is 0.416 e. The average Bonchev–Trinajstić information content (AvgIpc) is 2.69. The quantitative estimate of drug-likeness (QED) is 0.579. The van der Waals surface area contributed by atoms with Crippen molar-refractivity contribution in [3.8, 4) is 0 Å². The number of carbonyl (C=O) groups is 1. The minimum absolute atomic E-state index is 0.0146. The monoisotopic (exact) mass is 440 g/mol. The fraction of sp³-hybridized carbons (Fsp3) is 0.0526. The number of hydrogen-bond acceptors (Lipinski definition) is 4. The molecule has 29 heavy (non-hydrogen) atoms. The number of ketones is 1. The van der Waals surface area contributed by atoms with Crippen LogP contribution in [0, 0.1) is 0 Å². The topological polar surface area (TPSA) is 76.1 Å². The molecule has 1 heterocycles. The normalized spacial score (nSPS) is 11.9. The number of pyridine rings is 1. The van der Waals surface area contributed by atoms with Crippen molar-refractivity contribution in [1.29, 1.82) is 0 Å². The Bertz CT molecular complexity index is 1150. The third kappa shape index (κ3) is 4.75. The van der Waals surface area contributed by atoms with Gasteiger partial charge in [0.1, 0.15) is 0 Å². The van der Waals surface area contributed by atoms with Crippen molar-refractivity contribution < 1.29 is 26.4 Å². The molecule has 1 N–H and O–H groups in total. The molecule has 150 valence electrons. The summed E-state index contributed by atoms with van der Waals surface area (Å²) < 4.78 is 65.5. The van der Waals surface area contributed by atoms with E-state index in [0.717, 1.165) is 12.1 Å². The number of alkyl halides is 3. The van der Waals surface area contributed by atoms with Crippen LogP contribution < -0.4 is 4.72 Å². The number of carbonyl (C=O) groups excluding carboxylic acids is 1. The van der Waals surface area contributed by atoms with E-state index in [1.54, 1.807) is 0 Å². The molecule has 3 aromatic rings. The van der Waals surface area contributed by atoms with E-state index in [1.807, 2.05) is 0 Å². The molecule has 0 saturated carbocycles. The molecule has 0 saturated heterocycles. The van der Waals surface area contributed by atoms with Crippen LogP contribution in [0.3, 0.4) is 0 Å². The minimum Gasteiger partial charge on any atom is -0.289 e. The van der Waals surface area contributed by atoms with E-state index in [1.165, 1.54) is 42.7 Å². The van der Waals surface area contributed by atoms with Gasteiger partial charge in [-0.25, -0.2) is 8.42 Å². The highest BCUT2D eigenvalue weighted by Crippen LogP contribution is 2.31. The number of nitrogens with zero attached hydrogens (tertiary/aromatic N) is 1. The van der Waals surface area contributed by atoms with Crippen molar-refractivity contribution in [1.82, 2.24) is 4.98 Å². The van der Waals surface area contributed by atoms with Crippen LogP contribution in [0.15, 0.2) is 71.9 Å². The van der Waals surface area contributed by atoms with Crippen molar-refractivity contribution in [2.75, 3.05) is 4.72 Å². The Labute approximate surface area is 169 Å². The molecule has 0 bridgehead atoms. The van der Waals surface area contributed by atoms with E-state index in [0.29, 0.717) is 12.1 Å². The standard InChI is InChI=1S/C19H12ClF3N2O3S/c20-14-3-6-17(16(11-14)18(26)12-7-9-24-10-8-12)25-29(27,28)15-4-1-13(2-5-15)19(21,22)23/h1-11,25H. The maximum absolute atomic E-state index is 12.8. The number of anilines is 1. The number of rotatable bonds is 5. The summed E-state index contributed by atoms with van der Waals surface area (Å²) in [5.74, 6) is -0.500. The predicted octanol–water partition coefficient (Wildman–Crippen LogP) is 4.79. The fourth-order valence-corrected chi connectivity index (χ4v) is 3.73. The lowest BCUT2D eigenvalue weighted by atomic mass is 10.0. The van der Waals surface area contributed by atoms with Gasteiger partial charge >= 0.3 is 6.18 Å². The van der Waals surface area contributed by atoms with E-state index in [-0.39, 0.29) is 26.7 Å². The molecule has 0 amide bonds. The first-order valence-electron chi connectivity index (χ1n) is 8.02. The highest BCUT2D eigenvalue weighted by Gasteiger charge is 2.30. The zero-order valence-electron chi connectivity index (χ0n) is 14.4. The second kappa shape index (κ2) is 7.84. The molecule has 3 rings (SSSR count). The Morgan fingerprint density at radius 1 is 0.966 bits per heavy atom. The van der Waals surface area contributed by atoms with Crippen LogP contribution in [-0.4, -0.2) is 19.2 Å². The van der Waals surface area contributed by atoms with Crippen LogP contribution in [0.1, 0.15) is 21.5 Å². The van der Waals surface area contributed by atoms with Gasteiger partial charge in [0.25, 0.3) is 10.0 Å². The fourth-order valence-electron chi connectivity index (χ4n) is 2.48. The number of benzene rings is 2. The van der Waals surface area contributed by atoms with Crippen molar-refractivity contribution in [2.24, 2.45) is 0 Å². The van der Waals surface area contributed by atoms with E-state index < -0.39 is 27.5 Å². The van der Waals surface area contributed by atoms with Gasteiger partial charge in [-0.15, -0.1) is 0 Å². The zero-order chi connectivity index (χ0) is 21.2. The average molecular weight is 441 g/mol. The third-order valence-corrected chi connectivity index (χ3v) is 5.52. The summed E-state index contributed by atoms with van der Waals surface area (Å²) in [6.07, 6.45) is -1.77. The number of sulfonamides is 1. The minimum atomic E-state index is -4.59. The van der Waals surface area contributed by atoms with Gasteiger partial charge in [-0.1, -0.05) is 11.6 Å². The van der Waals surface area contributed by atoms with Crippen LogP contribution in [0.2, 0.25) is 5.02 Å². The summed E-state index contributed by atoms with van der Waals surface area (Å²) in [4.78, 5) is 16.2. The highest BCUT2D eigenvalue weighted by atomic mass is 35.5. The Morgan fingerprint density at radius 3 is 2.17 bits per heavy atom. The van der Waals surface area contributed by atoms with Gasteiger partial charge in [0.2, 0.25) is 0 Å². The van der Waals surface area contributed by atoms with E-state index in [9.17, 15) is 26.4 Å². The van der Waals surface area contributed by atoms with Gasteiger partial charge in [0.15, 0.2) is 5.78 Å².